The van der Waals surface area contributed by atoms with Gasteiger partial charge < -0.3 is 39.2 Å². The zero-order valence-electron chi connectivity index (χ0n) is 28.8. The first-order valence-corrected chi connectivity index (χ1v) is 16.2. The van der Waals surface area contributed by atoms with E-state index >= 15 is 0 Å². The molecule has 0 amide bonds. The summed E-state index contributed by atoms with van der Waals surface area (Å²) in [5.41, 5.74) is -3.01. The Hall–Kier alpha value is -1.58. The molecule has 0 spiro atoms. The van der Waals surface area contributed by atoms with Crippen molar-refractivity contribution in [3.05, 3.63) is 0 Å². The number of methoxy groups -OCH3 is 1. The summed E-state index contributed by atoms with van der Waals surface area (Å²) in [6.07, 6.45) is 1.92. The van der Waals surface area contributed by atoms with Crippen LogP contribution in [0.2, 0.25) is 0 Å². The maximum absolute atomic E-state index is 13.7. The molecule has 0 saturated carbocycles. The lowest BCUT2D eigenvalue weighted by atomic mass is 9.74. The summed E-state index contributed by atoms with van der Waals surface area (Å²) in [6, 6.07) is 0.125. The second kappa shape index (κ2) is 15.8. The van der Waals surface area contributed by atoms with Gasteiger partial charge in [0, 0.05) is 49.8 Å². The Labute approximate surface area is 265 Å². The smallest absolute Gasteiger partial charge is 0.311 e. The molecule has 0 bridgehead atoms. The van der Waals surface area contributed by atoms with Gasteiger partial charge in [-0.25, -0.2) is 0 Å². The van der Waals surface area contributed by atoms with Crippen molar-refractivity contribution in [3.8, 4) is 12.3 Å². The van der Waals surface area contributed by atoms with Crippen LogP contribution in [0.15, 0.2) is 0 Å². The number of aliphatic hydroxyl groups excluding tert-OH is 2. The summed E-state index contributed by atoms with van der Waals surface area (Å²) in [7, 11) is 3.57. The first kappa shape index (κ1) is 38.6. The van der Waals surface area contributed by atoms with Crippen molar-refractivity contribution in [1.29, 1.82) is 0 Å². The van der Waals surface area contributed by atoms with Crippen LogP contribution in [0.4, 0.5) is 0 Å². The number of ketones is 1. The fourth-order valence-electron chi connectivity index (χ4n) is 7.22. The molecular formula is C34H59NO9. The molecule has 254 valence electrons. The minimum Gasteiger partial charge on any atom is -0.459 e. The van der Waals surface area contributed by atoms with Crippen molar-refractivity contribution in [1.82, 2.24) is 4.90 Å². The quantitative estimate of drug-likeness (QED) is 0.286. The second-order valence-corrected chi connectivity index (χ2v) is 13.9. The summed E-state index contributed by atoms with van der Waals surface area (Å²) in [6.45, 7) is 16.4. The Morgan fingerprint density at radius 3 is 2.23 bits per heavy atom. The van der Waals surface area contributed by atoms with Gasteiger partial charge in [0.1, 0.15) is 17.5 Å². The Kier molecular flexibility index (Phi) is 13.9. The van der Waals surface area contributed by atoms with Crippen LogP contribution in [0, 0.1) is 41.9 Å². The van der Waals surface area contributed by atoms with Crippen LogP contribution in [0.25, 0.3) is 0 Å². The Morgan fingerprint density at radius 2 is 1.68 bits per heavy atom. The summed E-state index contributed by atoms with van der Waals surface area (Å²) >= 11 is 0. The fourth-order valence-corrected chi connectivity index (χ4v) is 7.22. The number of aliphatic hydroxyl groups is 3. The van der Waals surface area contributed by atoms with Crippen LogP contribution in [0.5, 0.6) is 0 Å². The normalized spacial score (nSPS) is 45.0. The number of nitrogens with zero attached hydrogens (tertiary/aromatic N) is 1. The highest BCUT2D eigenvalue weighted by molar-refractivity contribution is 5.83. The largest absolute Gasteiger partial charge is 0.459 e. The van der Waals surface area contributed by atoms with Crippen LogP contribution in [-0.2, 0) is 28.5 Å². The van der Waals surface area contributed by atoms with E-state index in [1.807, 2.05) is 20.9 Å². The molecular weight excluding hydrogens is 566 g/mol. The number of Topliss-reactive ketones (excluding diaryl/α,β-unsaturated/α-hetero) is 1. The molecule has 3 N–H and O–H groups in total. The van der Waals surface area contributed by atoms with E-state index in [0.29, 0.717) is 6.42 Å². The lowest BCUT2D eigenvalue weighted by Gasteiger charge is -2.49. The molecule has 10 heteroatoms. The standard InChI is InChI=1S/C34H59NO9/c1-13-15-16-35(11)25-17-20(4)42-32(21(25)5)44-30-23(7)28(37)24(8)31(39)43-26(14-2)34(10,40)29(38)22(6)27(36)19(3)18-33(30,9)41-12/h1,19-26,28-30,32,37-38,40H,14-18H2,2-12H3/t19-,20-,21-,22+,23+,24-,25+,26-,28+,29-,30-,32?,33-,34-/m1/s1. The number of terminal acetylenes is 1. The molecule has 1 unspecified atom stereocenters. The van der Waals surface area contributed by atoms with E-state index in [9.17, 15) is 24.9 Å². The van der Waals surface area contributed by atoms with E-state index in [-0.39, 0.29) is 36.7 Å². The van der Waals surface area contributed by atoms with E-state index in [1.54, 1.807) is 34.6 Å². The summed E-state index contributed by atoms with van der Waals surface area (Å²) in [5, 5.41) is 34.1. The molecule has 2 aliphatic heterocycles. The number of carbonyl (C=O) groups excluding carboxylic acids is 2. The summed E-state index contributed by atoms with van der Waals surface area (Å²) in [4.78, 5) is 29.3. The predicted octanol–water partition coefficient (Wildman–Crippen LogP) is 3.18. The monoisotopic (exact) mass is 625 g/mol. The van der Waals surface area contributed by atoms with Crippen molar-refractivity contribution in [2.75, 3.05) is 20.7 Å². The van der Waals surface area contributed by atoms with Gasteiger partial charge in [-0.2, -0.15) is 0 Å². The Balaban J connectivity index is 2.58. The Morgan fingerprint density at radius 1 is 1.07 bits per heavy atom. The van der Waals surface area contributed by atoms with E-state index in [1.165, 1.54) is 14.0 Å². The Bertz CT molecular complexity index is 998. The molecule has 2 aliphatic rings. The van der Waals surface area contributed by atoms with E-state index < -0.39 is 71.5 Å². The third kappa shape index (κ3) is 8.41. The predicted molar refractivity (Wildman–Crippen MR) is 167 cm³/mol. The highest BCUT2D eigenvalue weighted by atomic mass is 16.7. The van der Waals surface area contributed by atoms with Crippen LogP contribution in [0.3, 0.4) is 0 Å². The number of hydrogen-bond donors (Lipinski definition) is 3. The van der Waals surface area contributed by atoms with E-state index in [0.717, 1.165) is 13.0 Å². The molecule has 10 nitrogen and oxygen atoms in total. The maximum atomic E-state index is 13.7. The number of carbonyl (C=O) groups is 2. The van der Waals surface area contributed by atoms with Gasteiger partial charge >= 0.3 is 5.97 Å². The molecule has 2 fully saturated rings. The molecule has 0 radical (unpaired) electrons. The molecule has 0 aromatic carbocycles. The molecule has 2 saturated heterocycles. The van der Waals surface area contributed by atoms with Gasteiger partial charge in [-0.3, -0.25) is 9.59 Å². The second-order valence-electron chi connectivity index (χ2n) is 13.9. The molecule has 44 heavy (non-hydrogen) atoms. The third-order valence-corrected chi connectivity index (χ3v) is 10.4. The van der Waals surface area contributed by atoms with Crippen molar-refractivity contribution in [2.24, 2.45) is 29.6 Å². The van der Waals surface area contributed by atoms with Gasteiger partial charge in [0.05, 0.1) is 35.9 Å². The third-order valence-electron chi connectivity index (χ3n) is 10.4. The first-order valence-electron chi connectivity index (χ1n) is 16.2. The number of cyclic esters (lactones) is 1. The average molecular weight is 626 g/mol. The van der Waals surface area contributed by atoms with Crippen molar-refractivity contribution in [3.63, 3.8) is 0 Å². The van der Waals surface area contributed by atoms with Gasteiger partial charge in [0.2, 0.25) is 0 Å². The highest BCUT2D eigenvalue weighted by Gasteiger charge is 2.51. The lowest BCUT2D eigenvalue weighted by Crippen LogP contribution is -2.59. The number of rotatable bonds is 7. The summed E-state index contributed by atoms with van der Waals surface area (Å²) < 4.78 is 25.0. The molecule has 0 aromatic heterocycles. The SMILES string of the molecule is C#CCCN(C)[C@H]1C[C@@H](C)OC(O[C@@H]2[C@@H](C)[C@H](O)[C@@H](C)C(=O)O[C@H](CC)[C@@](C)(O)[C@H](O)[C@@H](C)C(=O)[C@H](C)C[C@@]2(C)OC)[C@@H]1C. The molecule has 2 rings (SSSR count). The van der Waals surface area contributed by atoms with Gasteiger partial charge in [-0.05, 0) is 54.0 Å². The van der Waals surface area contributed by atoms with Crippen molar-refractivity contribution in [2.45, 2.75) is 142 Å². The number of hydrogen-bond acceptors (Lipinski definition) is 10. The van der Waals surface area contributed by atoms with Gasteiger partial charge in [-0.15, -0.1) is 12.3 Å². The summed E-state index contributed by atoms with van der Waals surface area (Å²) in [5.74, 6) is -1.60. The van der Waals surface area contributed by atoms with Crippen molar-refractivity contribution < 1.29 is 43.9 Å². The van der Waals surface area contributed by atoms with E-state index in [4.69, 9.17) is 25.4 Å². The zero-order valence-corrected chi connectivity index (χ0v) is 28.8. The van der Waals surface area contributed by atoms with Gasteiger partial charge in [0.15, 0.2) is 6.29 Å². The van der Waals surface area contributed by atoms with E-state index in [2.05, 4.69) is 17.7 Å². The van der Waals surface area contributed by atoms with Crippen LogP contribution >= 0.6 is 0 Å². The average Bonchev–Trinajstić information content (AvgIpc) is 2.99. The molecule has 0 aromatic rings. The number of esters is 1. The van der Waals surface area contributed by atoms with Crippen molar-refractivity contribution >= 4 is 11.8 Å². The lowest BCUT2D eigenvalue weighted by molar-refractivity contribution is -0.288. The topological polar surface area (TPSA) is 135 Å². The first-order chi connectivity index (χ1) is 20.4. The van der Waals surface area contributed by atoms with Gasteiger partial charge in [-0.1, -0.05) is 34.6 Å². The zero-order chi connectivity index (χ0) is 33.7. The molecule has 2 heterocycles. The fraction of sp³-hybridized carbons (Fsp3) is 0.882. The maximum Gasteiger partial charge on any atom is 0.311 e. The molecule has 0 aliphatic carbocycles. The van der Waals surface area contributed by atoms with Crippen LogP contribution in [0.1, 0.15) is 88.0 Å². The minimum atomic E-state index is -1.90. The minimum absolute atomic E-state index is 0.0725. The molecule has 14 atom stereocenters. The van der Waals surface area contributed by atoms with Crippen LogP contribution in [-0.4, -0.2) is 107 Å². The highest BCUT2D eigenvalue weighted by Crippen LogP contribution is 2.40. The number of ether oxygens (including phenoxy) is 4. The van der Waals surface area contributed by atoms with Crippen LogP contribution < -0.4 is 0 Å². The van der Waals surface area contributed by atoms with Gasteiger partial charge in [0.25, 0.3) is 0 Å².